The van der Waals surface area contributed by atoms with Gasteiger partial charge in [0, 0.05) is 12.5 Å². The second kappa shape index (κ2) is 7.02. The Morgan fingerprint density at radius 2 is 2.09 bits per heavy atom. The van der Waals surface area contributed by atoms with Crippen LogP contribution in [-0.4, -0.2) is 34.7 Å². The van der Waals surface area contributed by atoms with Crippen LogP contribution in [-0.2, 0) is 16.0 Å². The second-order valence-corrected chi connectivity index (χ2v) is 7.01. The van der Waals surface area contributed by atoms with Gasteiger partial charge in [-0.15, -0.1) is 0 Å². The highest BCUT2D eigenvalue weighted by molar-refractivity contribution is 5.86. The lowest BCUT2D eigenvalue weighted by Crippen LogP contribution is -2.51. The minimum absolute atomic E-state index is 0.0974. The lowest BCUT2D eigenvalue weighted by atomic mass is 10.1. The van der Waals surface area contributed by atoms with E-state index in [4.69, 9.17) is 9.15 Å². The van der Waals surface area contributed by atoms with Crippen LogP contribution in [0.2, 0.25) is 0 Å². The average Bonchev–Trinajstić information content (AvgIpc) is 3.15. The van der Waals surface area contributed by atoms with Gasteiger partial charge in [0.1, 0.15) is 17.4 Å². The van der Waals surface area contributed by atoms with Crippen LogP contribution in [0, 0.1) is 5.92 Å². The molecule has 1 saturated carbocycles. The maximum atomic E-state index is 12.5. The molecule has 7 nitrogen and oxygen atoms in total. The van der Waals surface area contributed by atoms with Crippen molar-refractivity contribution in [1.29, 1.82) is 0 Å². The van der Waals surface area contributed by atoms with Gasteiger partial charge in [0.25, 0.3) is 0 Å². The minimum Gasteiger partial charge on any atom is -0.448 e. The van der Waals surface area contributed by atoms with Crippen molar-refractivity contribution in [2.45, 2.75) is 64.6 Å². The van der Waals surface area contributed by atoms with E-state index in [-0.39, 0.29) is 18.4 Å². The van der Waals surface area contributed by atoms with Crippen molar-refractivity contribution in [3.63, 3.8) is 0 Å². The Kier molecular flexibility index (Phi) is 5.28. The lowest BCUT2D eigenvalue weighted by molar-refractivity contribution is -0.124. The first-order valence-electron chi connectivity index (χ1n) is 7.92. The number of nitrogens with one attached hydrogen (secondary N) is 2. The maximum Gasteiger partial charge on any atom is 0.408 e. The summed E-state index contributed by atoms with van der Waals surface area (Å²) < 4.78 is 10.4. The molecule has 2 rings (SSSR count). The van der Waals surface area contributed by atoms with E-state index in [9.17, 15) is 9.59 Å². The van der Waals surface area contributed by atoms with Crippen molar-refractivity contribution in [2.24, 2.45) is 5.92 Å². The number of aromatic nitrogens is 1. The Balaban J connectivity index is 1.98. The second-order valence-electron chi connectivity index (χ2n) is 7.01. The van der Waals surface area contributed by atoms with Crippen molar-refractivity contribution in [1.82, 2.24) is 15.6 Å². The summed E-state index contributed by atoms with van der Waals surface area (Å²) in [5.41, 5.74) is -0.626. The number of nitrogens with zero attached hydrogens (tertiary/aromatic N) is 1. The van der Waals surface area contributed by atoms with Crippen LogP contribution in [0.25, 0.3) is 0 Å². The average molecular weight is 323 g/mol. The number of amides is 2. The van der Waals surface area contributed by atoms with Gasteiger partial charge in [-0.3, -0.25) is 4.79 Å². The van der Waals surface area contributed by atoms with Crippen LogP contribution in [0.5, 0.6) is 0 Å². The van der Waals surface area contributed by atoms with E-state index in [2.05, 4.69) is 15.6 Å². The maximum absolute atomic E-state index is 12.5. The highest BCUT2D eigenvalue weighted by Crippen LogP contribution is 2.32. The van der Waals surface area contributed by atoms with E-state index in [0.29, 0.717) is 11.7 Å². The molecule has 1 aromatic heterocycles. The van der Waals surface area contributed by atoms with Gasteiger partial charge in [0.15, 0.2) is 6.39 Å². The monoisotopic (exact) mass is 323 g/mol. The lowest BCUT2D eigenvalue weighted by Gasteiger charge is -2.24. The van der Waals surface area contributed by atoms with Crippen LogP contribution >= 0.6 is 0 Å². The van der Waals surface area contributed by atoms with Crippen LogP contribution in [0.4, 0.5) is 4.79 Å². The molecule has 0 spiro atoms. The number of hydrogen-bond donors (Lipinski definition) is 2. The summed E-state index contributed by atoms with van der Waals surface area (Å²) in [6, 6.07) is -0.667. The molecule has 1 aliphatic rings. The third-order valence-electron chi connectivity index (χ3n) is 3.60. The third-order valence-corrected chi connectivity index (χ3v) is 3.60. The van der Waals surface area contributed by atoms with Crippen molar-refractivity contribution in [3.05, 3.63) is 18.4 Å². The standard InChI is InChI=1S/C16H25N3O4/c1-10(11-5-6-11)18-14(20)13(7-12-8-17-9-22-12)19-15(21)23-16(2,3)4/h8-11,13H,5-7H2,1-4H3,(H,18,20)(H,19,21). The van der Waals surface area contributed by atoms with Crippen molar-refractivity contribution in [2.75, 3.05) is 0 Å². The minimum atomic E-state index is -0.765. The smallest absolute Gasteiger partial charge is 0.408 e. The van der Waals surface area contributed by atoms with Gasteiger partial charge in [0.2, 0.25) is 5.91 Å². The normalized spacial score (nSPS) is 17.2. The molecule has 0 saturated heterocycles. The van der Waals surface area contributed by atoms with Gasteiger partial charge in [-0.25, -0.2) is 9.78 Å². The molecule has 0 aromatic carbocycles. The van der Waals surface area contributed by atoms with Gasteiger partial charge in [0.05, 0.1) is 6.20 Å². The Hall–Kier alpha value is -2.05. The molecule has 0 aliphatic heterocycles. The molecular formula is C16H25N3O4. The largest absolute Gasteiger partial charge is 0.448 e. The zero-order valence-electron chi connectivity index (χ0n) is 14.1. The van der Waals surface area contributed by atoms with E-state index < -0.39 is 17.7 Å². The van der Waals surface area contributed by atoms with Crippen LogP contribution < -0.4 is 10.6 Å². The number of carbonyl (C=O) groups is 2. The molecule has 1 fully saturated rings. The molecule has 23 heavy (non-hydrogen) atoms. The highest BCUT2D eigenvalue weighted by Gasteiger charge is 2.32. The number of rotatable bonds is 6. The van der Waals surface area contributed by atoms with Crippen LogP contribution in [0.15, 0.2) is 17.0 Å². The van der Waals surface area contributed by atoms with E-state index in [0.717, 1.165) is 12.8 Å². The third kappa shape index (κ3) is 5.92. The fourth-order valence-electron chi connectivity index (χ4n) is 2.24. The summed E-state index contributed by atoms with van der Waals surface area (Å²) in [5, 5.41) is 5.57. The summed E-state index contributed by atoms with van der Waals surface area (Å²) in [6.07, 6.45) is 4.69. The zero-order valence-corrected chi connectivity index (χ0v) is 14.1. The van der Waals surface area contributed by atoms with Crippen molar-refractivity contribution < 1.29 is 18.7 Å². The van der Waals surface area contributed by atoms with E-state index in [1.165, 1.54) is 12.6 Å². The summed E-state index contributed by atoms with van der Waals surface area (Å²) >= 11 is 0. The number of carbonyl (C=O) groups excluding carboxylic acids is 2. The first-order valence-corrected chi connectivity index (χ1v) is 7.92. The molecule has 1 aliphatic carbocycles. The number of alkyl carbamates (subject to hydrolysis) is 1. The van der Waals surface area contributed by atoms with Gasteiger partial charge in [-0.05, 0) is 46.5 Å². The van der Waals surface area contributed by atoms with Gasteiger partial charge < -0.3 is 19.8 Å². The van der Waals surface area contributed by atoms with E-state index in [1.807, 2.05) is 6.92 Å². The molecule has 128 valence electrons. The topological polar surface area (TPSA) is 93.5 Å². The van der Waals surface area contributed by atoms with Crippen molar-refractivity contribution >= 4 is 12.0 Å². The Morgan fingerprint density at radius 1 is 1.39 bits per heavy atom. The number of ether oxygens (including phenoxy) is 1. The molecule has 2 amide bonds. The van der Waals surface area contributed by atoms with E-state index >= 15 is 0 Å². The van der Waals surface area contributed by atoms with Crippen LogP contribution in [0.1, 0.15) is 46.3 Å². The molecule has 1 aromatic rings. The van der Waals surface area contributed by atoms with Gasteiger partial charge >= 0.3 is 6.09 Å². The number of hydrogen-bond acceptors (Lipinski definition) is 5. The Labute approximate surface area is 136 Å². The Bertz CT molecular complexity index is 532. The highest BCUT2D eigenvalue weighted by atomic mass is 16.6. The predicted octanol–water partition coefficient (Wildman–Crippen LogP) is 2.03. The quantitative estimate of drug-likeness (QED) is 0.835. The molecule has 7 heteroatoms. The summed E-state index contributed by atoms with van der Waals surface area (Å²) in [7, 11) is 0. The first-order chi connectivity index (χ1) is 10.7. The summed E-state index contributed by atoms with van der Waals surface area (Å²) in [6.45, 7) is 7.29. The molecule has 1 heterocycles. The molecule has 2 N–H and O–H groups in total. The van der Waals surface area contributed by atoms with Crippen LogP contribution in [0.3, 0.4) is 0 Å². The molecule has 2 unspecified atom stereocenters. The van der Waals surface area contributed by atoms with Crippen molar-refractivity contribution in [3.8, 4) is 0 Å². The van der Waals surface area contributed by atoms with Gasteiger partial charge in [-0.1, -0.05) is 0 Å². The summed E-state index contributed by atoms with van der Waals surface area (Å²) in [5.74, 6) is 0.818. The molecule has 2 atom stereocenters. The molecule has 0 radical (unpaired) electrons. The fraction of sp³-hybridized carbons (Fsp3) is 0.688. The number of oxazole rings is 1. The zero-order chi connectivity index (χ0) is 17.0. The molecular weight excluding hydrogens is 298 g/mol. The van der Waals surface area contributed by atoms with Gasteiger partial charge in [-0.2, -0.15) is 0 Å². The predicted molar refractivity (Wildman–Crippen MR) is 83.7 cm³/mol. The SMILES string of the molecule is CC(NC(=O)C(Cc1cnco1)NC(=O)OC(C)(C)C)C1CC1. The fourth-order valence-corrected chi connectivity index (χ4v) is 2.24. The molecule has 0 bridgehead atoms. The summed E-state index contributed by atoms with van der Waals surface area (Å²) in [4.78, 5) is 28.3. The first kappa shape index (κ1) is 17.3. The van der Waals surface area contributed by atoms with E-state index in [1.54, 1.807) is 20.8 Å². The Morgan fingerprint density at radius 3 is 2.61 bits per heavy atom.